The van der Waals surface area contributed by atoms with Gasteiger partial charge in [-0.1, -0.05) is 6.92 Å². The number of urea groups is 1. The number of hydrogen-bond acceptors (Lipinski definition) is 5. The Morgan fingerprint density at radius 1 is 1.39 bits per heavy atom. The van der Waals surface area contributed by atoms with E-state index in [1.807, 2.05) is 11.5 Å². The second kappa shape index (κ2) is 8.47. The van der Waals surface area contributed by atoms with E-state index in [4.69, 9.17) is 11.5 Å². The summed E-state index contributed by atoms with van der Waals surface area (Å²) in [6, 6.07) is -1.54. The van der Waals surface area contributed by atoms with Crippen LogP contribution < -0.4 is 16.9 Å². The van der Waals surface area contributed by atoms with Crippen LogP contribution in [0, 0.1) is 0 Å². The molecule has 0 saturated carbocycles. The molecule has 0 aliphatic heterocycles. The fourth-order valence-electron chi connectivity index (χ4n) is 1.47. The highest BCUT2D eigenvalue weighted by Crippen LogP contribution is 2.07. The number of hydrogen-bond donors (Lipinski definition) is 3. The van der Waals surface area contributed by atoms with Gasteiger partial charge in [0.2, 0.25) is 5.91 Å². The molecule has 0 spiro atoms. The Morgan fingerprint density at radius 2 is 2.00 bits per heavy atom. The highest BCUT2D eigenvalue weighted by Gasteiger charge is 2.25. The first-order chi connectivity index (χ1) is 8.38. The molecule has 18 heavy (non-hydrogen) atoms. The first-order valence-electron chi connectivity index (χ1n) is 5.63. The topological polar surface area (TPSA) is 128 Å². The minimum absolute atomic E-state index is 0.0821. The monoisotopic (exact) mass is 276 g/mol. The molecule has 3 amide bonds. The Morgan fingerprint density at radius 3 is 2.44 bits per heavy atom. The van der Waals surface area contributed by atoms with Gasteiger partial charge in [0.1, 0.15) is 6.04 Å². The lowest BCUT2D eigenvalue weighted by atomic mass is 10.1. The van der Waals surface area contributed by atoms with Crippen LogP contribution in [0.15, 0.2) is 0 Å². The number of nitrogens with zero attached hydrogens (tertiary/aromatic N) is 1. The van der Waals surface area contributed by atoms with Crippen LogP contribution in [0.2, 0.25) is 0 Å². The number of hydroxylamine groups is 1. The maximum absolute atomic E-state index is 11.7. The third-order valence-corrected chi connectivity index (χ3v) is 3.37. The fourth-order valence-corrected chi connectivity index (χ4v) is 2.39. The molecule has 9 heteroatoms. The van der Waals surface area contributed by atoms with Crippen LogP contribution >= 0.6 is 0 Å². The van der Waals surface area contributed by atoms with Crippen molar-refractivity contribution in [3.8, 4) is 0 Å². The maximum atomic E-state index is 11.7. The molecule has 0 aromatic rings. The lowest BCUT2D eigenvalue weighted by Gasteiger charge is -2.25. The van der Waals surface area contributed by atoms with E-state index in [0.717, 1.165) is 6.42 Å². The average molecular weight is 276 g/mol. The Bertz CT molecular complexity index is 313. The highest BCUT2D eigenvalue weighted by atomic mass is 28.2. The van der Waals surface area contributed by atoms with E-state index in [0.29, 0.717) is 16.9 Å². The Hall–Kier alpha value is -1.61. The van der Waals surface area contributed by atoms with Crippen molar-refractivity contribution in [2.24, 2.45) is 11.5 Å². The molecule has 0 bridgehead atoms. The summed E-state index contributed by atoms with van der Waals surface area (Å²) < 4.78 is 1.87. The molecule has 0 saturated heterocycles. The Kier molecular flexibility index (Phi) is 7.71. The average Bonchev–Trinajstić information content (AvgIpc) is 2.26. The van der Waals surface area contributed by atoms with Crippen molar-refractivity contribution in [2.45, 2.75) is 32.2 Å². The molecule has 5 N–H and O–H groups in total. The number of carbonyl (C=O) groups is 3. The summed E-state index contributed by atoms with van der Waals surface area (Å²) in [7, 11) is 0.630. The van der Waals surface area contributed by atoms with Crippen LogP contribution in [0.5, 0.6) is 0 Å². The van der Waals surface area contributed by atoms with E-state index in [-0.39, 0.29) is 12.8 Å². The lowest BCUT2D eigenvalue weighted by molar-refractivity contribution is -0.153. The van der Waals surface area contributed by atoms with Gasteiger partial charge >= 0.3 is 12.0 Å². The fraction of sp³-hybridized carbons (Fsp3) is 0.667. The quantitative estimate of drug-likeness (QED) is 0.357. The molecule has 1 atom stereocenters. The number of rotatable bonds is 7. The number of carbonyl (C=O) groups excluding carboxylic acids is 3. The molecular formula is C9H20N4O4Si. The van der Waals surface area contributed by atoms with E-state index < -0.39 is 23.9 Å². The molecule has 0 rings (SSSR count). The van der Waals surface area contributed by atoms with E-state index in [2.05, 4.69) is 4.84 Å². The Balaban J connectivity index is 4.47. The van der Waals surface area contributed by atoms with Crippen molar-refractivity contribution in [2.75, 3.05) is 6.54 Å². The zero-order valence-corrected chi connectivity index (χ0v) is 12.6. The van der Waals surface area contributed by atoms with Crippen LogP contribution in [0.4, 0.5) is 4.79 Å². The number of primary amides is 2. The lowest BCUT2D eigenvalue weighted by Crippen LogP contribution is -2.45. The number of amides is 3. The SMILES string of the molecule is CCCN([SiH3])[C@@H](CCC(N)=O)C(=O)ONC(N)=O. The first-order valence-corrected chi connectivity index (χ1v) is 6.52. The van der Waals surface area contributed by atoms with Crippen molar-refractivity contribution >= 4 is 28.3 Å². The summed E-state index contributed by atoms with van der Waals surface area (Å²) in [5.74, 6) is -1.12. The van der Waals surface area contributed by atoms with E-state index >= 15 is 0 Å². The van der Waals surface area contributed by atoms with E-state index in [9.17, 15) is 14.4 Å². The molecule has 0 fully saturated rings. The molecule has 0 heterocycles. The highest BCUT2D eigenvalue weighted by molar-refractivity contribution is 6.06. The summed E-state index contributed by atoms with van der Waals surface area (Å²) in [6.07, 6.45) is 1.21. The van der Waals surface area contributed by atoms with Crippen molar-refractivity contribution in [3.05, 3.63) is 0 Å². The van der Waals surface area contributed by atoms with Crippen LogP contribution in [0.25, 0.3) is 0 Å². The second-order valence-electron chi connectivity index (χ2n) is 3.89. The molecule has 0 aromatic heterocycles. The molecule has 0 radical (unpaired) electrons. The zero-order chi connectivity index (χ0) is 14.1. The summed E-state index contributed by atoms with van der Waals surface area (Å²) >= 11 is 0. The maximum Gasteiger partial charge on any atom is 0.348 e. The summed E-state index contributed by atoms with van der Waals surface area (Å²) in [6.45, 7) is 2.68. The van der Waals surface area contributed by atoms with Crippen LogP contribution in [0.1, 0.15) is 26.2 Å². The van der Waals surface area contributed by atoms with Gasteiger partial charge in [-0.2, -0.15) is 5.48 Å². The third-order valence-electron chi connectivity index (χ3n) is 2.30. The normalized spacial score (nSPS) is 12.1. The second-order valence-corrected chi connectivity index (χ2v) is 5.04. The molecular weight excluding hydrogens is 256 g/mol. The molecule has 0 unspecified atom stereocenters. The Labute approximate surface area is 108 Å². The van der Waals surface area contributed by atoms with Crippen LogP contribution in [-0.4, -0.2) is 45.5 Å². The number of nitrogens with two attached hydrogens (primary N) is 2. The van der Waals surface area contributed by atoms with E-state index in [1.54, 1.807) is 5.48 Å². The third kappa shape index (κ3) is 6.86. The van der Waals surface area contributed by atoms with Gasteiger partial charge in [0.05, 0.1) is 10.4 Å². The van der Waals surface area contributed by atoms with Crippen molar-refractivity contribution in [1.82, 2.24) is 10.0 Å². The molecule has 0 aliphatic rings. The van der Waals surface area contributed by atoms with Gasteiger partial charge in [0, 0.05) is 6.42 Å². The van der Waals surface area contributed by atoms with Crippen molar-refractivity contribution < 1.29 is 19.2 Å². The summed E-state index contributed by atoms with van der Waals surface area (Å²) in [4.78, 5) is 37.4. The van der Waals surface area contributed by atoms with Crippen LogP contribution in [-0.2, 0) is 14.4 Å². The molecule has 0 aromatic carbocycles. The summed E-state index contributed by atoms with van der Waals surface area (Å²) in [5, 5.41) is 0. The molecule has 0 aliphatic carbocycles. The molecule has 104 valence electrons. The van der Waals surface area contributed by atoms with E-state index in [1.165, 1.54) is 0 Å². The van der Waals surface area contributed by atoms with Crippen molar-refractivity contribution in [1.29, 1.82) is 0 Å². The molecule has 8 nitrogen and oxygen atoms in total. The van der Waals surface area contributed by atoms with Gasteiger partial charge in [0.25, 0.3) is 0 Å². The van der Waals surface area contributed by atoms with Gasteiger partial charge in [-0.3, -0.25) is 4.79 Å². The van der Waals surface area contributed by atoms with Crippen LogP contribution in [0.3, 0.4) is 0 Å². The van der Waals surface area contributed by atoms with Gasteiger partial charge < -0.3 is 20.9 Å². The smallest absolute Gasteiger partial charge is 0.348 e. The predicted molar refractivity (Wildman–Crippen MR) is 68.0 cm³/mol. The zero-order valence-electron chi connectivity index (χ0n) is 10.6. The predicted octanol–water partition coefficient (Wildman–Crippen LogP) is -2.26. The largest absolute Gasteiger partial charge is 0.370 e. The van der Waals surface area contributed by atoms with Gasteiger partial charge in [0.15, 0.2) is 0 Å². The van der Waals surface area contributed by atoms with Gasteiger partial charge in [-0.15, -0.1) is 0 Å². The van der Waals surface area contributed by atoms with Gasteiger partial charge in [-0.25, -0.2) is 9.59 Å². The standard InChI is InChI=1S/C9H20N4O4Si/c1-2-5-13(18)6(3-4-7(10)14)8(15)17-12-9(11)16/h6H,2-5H2,1,18H3,(H2,10,14)(H3,11,12,16)/t6-/m0/s1. The first kappa shape index (κ1) is 16.4. The van der Waals surface area contributed by atoms with Gasteiger partial charge in [-0.05, 0) is 19.4 Å². The number of nitrogens with one attached hydrogen (secondary N) is 1. The van der Waals surface area contributed by atoms with Crippen molar-refractivity contribution in [3.63, 3.8) is 0 Å². The minimum atomic E-state index is -0.951. The minimum Gasteiger partial charge on any atom is -0.370 e. The summed E-state index contributed by atoms with van der Waals surface area (Å²) in [5.41, 5.74) is 11.6.